The lowest BCUT2D eigenvalue weighted by molar-refractivity contribution is -0.126. The summed E-state index contributed by atoms with van der Waals surface area (Å²) in [5, 5.41) is 7.83. The number of anilines is 1. The van der Waals surface area contributed by atoms with Crippen LogP contribution in [0.2, 0.25) is 0 Å². The van der Waals surface area contributed by atoms with Gasteiger partial charge in [0, 0.05) is 26.2 Å². The Kier molecular flexibility index (Phi) is 4.81. The molecular formula is C22H30N4O. The van der Waals surface area contributed by atoms with Gasteiger partial charge < -0.3 is 5.32 Å². The van der Waals surface area contributed by atoms with Crippen molar-refractivity contribution in [3.8, 4) is 0 Å². The van der Waals surface area contributed by atoms with Gasteiger partial charge in [0.2, 0.25) is 5.91 Å². The largest absolute Gasteiger partial charge is 0.322 e. The summed E-state index contributed by atoms with van der Waals surface area (Å²) < 4.78 is 1.96. The van der Waals surface area contributed by atoms with Crippen LogP contribution in [0.25, 0.3) is 0 Å². The predicted molar refractivity (Wildman–Crippen MR) is 107 cm³/mol. The number of carbonyl (C=O) groups excluding carboxylic acids is 1. The molecule has 0 spiro atoms. The van der Waals surface area contributed by atoms with Crippen LogP contribution in [0.1, 0.15) is 43.1 Å². The first-order chi connectivity index (χ1) is 13.0. The molecule has 1 aliphatic carbocycles. The Morgan fingerprint density at radius 1 is 1.30 bits per heavy atom. The molecule has 1 saturated heterocycles. The Morgan fingerprint density at radius 3 is 2.78 bits per heavy atom. The van der Waals surface area contributed by atoms with Crippen LogP contribution in [-0.4, -0.2) is 33.7 Å². The van der Waals surface area contributed by atoms with Gasteiger partial charge in [-0.05, 0) is 45.1 Å². The molecule has 1 aliphatic heterocycles. The summed E-state index contributed by atoms with van der Waals surface area (Å²) >= 11 is 0. The first-order valence-corrected chi connectivity index (χ1v) is 10.1. The van der Waals surface area contributed by atoms with E-state index in [9.17, 15) is 4.79 Å². The molecule has 27 heavy (non-hydrogen) atoms. The highest BCUT2D eigenvalue weighted by Gasteiger charge is 2.54. The standard InChI is InChI=1S/C22H30N4O/c1-4-26-17(3)20(16(2)24-26)23-21(27)22-12-8-11-19(22)14-25(15-22)13-18-9-6-5-7-10-18/h5-7,9-10,19H,4,8,11-15H2,1-3H3,(H,23,27)/t19-,22-/m1/s1. The van der Waals surface area contributed by atoms with Crippen molar-refractivity contribution in [1.29, 1.82) is 0 Å². The Hall–Kier alpha value is -2.14. The maximum Gasteiger partial charge on any atom is 0.232 e. The van der Waals surface area contributed by atoms with Crippen LogP contribution in [0.5, 0.6) is 0 Å². The van der Waals surface area contributed by atoms with Crippen molar-refractivity contribution in [2.45, 2.75) is 53.1 Å². The second kappa shape index (κ2) is 7.12. The van der Waals surface area contributed by atoms with Gasteiger partial charge in [-0.1, -0.05) is 36.8 Å². The van der Waals surface area contributed by atoms with E-state index in [1.54, 1.807) is 0 Å². The number of carbonyl (C=O) groups is 1. The molecule has 1 amide bonds. The molecule has 0 radical (unpaired) electrons. The molecule has 2 aromatic rings. The number of rotatable bonds is 5. The maximum atomic E-state index is 13.4. The number of aryl methyl sites for hydroxylation is 2. The number of nitrogens with zero attached hydrogens (tertiary/aromatic N) is 3. The quantitative estimate of drug-likeness (QED) is 0.876. The molecule has 0 unspecified atom stereocenters. The number of hydrogen-bond acceptors (Lipinski definition) is 3. The second-order valence-electron chi connectivity index (χ2n) is 8.22. The summed E-state index contributed by atoms with van der Waals surface area (Å²) in [6.45, 7) is 9.73. The van der Waals surface area contributed by atoms with Gasteiger partial charge in [-0.15, -0.1) is 0 Å². The second-order valence-corrected chi connectivity index (χ2v) is 8.22. The molecule has 2 aliphatic rings. The number of benzene rings is 1. The first-order valence-electron chi connectivity index (χ1n) is 10.1. The van der Waals surface area contributed by atoms with Crippen molar-refractivity contribution in [1.82, 2.24) is 14.7 Å². The van der Waals surface area contributed by atoms with E-state index in [0.717, 1.165) is 62.5 Å². The number of amides is 1. The fourth-order valence-electron chi connectivity index (χ4n) is 5.15. The molecule has 5 nitrogen and oxygen atoms in total. The number of likely N-dealkylation sites (tertiary alicyclic amines) is 1. The SMILES string of the molecule is CCn1nc(C)c(NC(=O)[C@@]23CCC[C@@H]2CN(Cc2ccccc2)C3)c1C. The fraction of sp³-hybridized carbons (Fsp3) is 0.545. The van der Waals surface area contributed by atoms with Gasteiger partial charge in [0.05, 0.1) is 22.5 Å². The molecular weight excluding hydrogens is 336 g/mol. The average Bonchev–Trinajstić information content (AvgIpc) is 3.29. The normalized spacial score (nSPS) is 24.9. The summed E-state index contributed by atoms with van der Waals surface area (Å²) in [5.41, 5.74) is 3.94. The summed E-state index contributed by atoms with van der Waals surface area (Å²) in [4.78, 5) is 15.9. The molecule has 2 atom stereocenters. The summed E-state index contributed by atoms with van der Waals surface area (Å²) in [6.07, 6.45) is 3.31. The van der Waals surface area contributed by atoms with E-state index in [2.05, 4.69) is 52.6 Å². The van der Waals surface area contributed by atoms with Gasteiger partial charge in [-0.2, -0.15) is 5.10 Å². The van der Waals surface area contributed by atoms with Gasteiger partial charge in [0.1, 0.15) is 0 Å². The highest BCUT2D eigenvalue weighted by atomic mass is 16.2. The Morgan fingerprint density at radius 2 is 2.07 bits per heavy atom. The van der Waals surface area contributed by atoms with E-state index < -0.39 is 0 Å². The third kappa shape index (κ3) is 3.18. The molecule has 144 valence electrons. The van der Waals surface area contributed by atoms with E-state index in [-0.39, 0.29) is 11.3 Å². The summed E-state index contributed by atoms with van der Waals surface area (Å²) in [5.74, 6) is 0.658. The smallest absolute Gasteiger partial charge is 0.232 e. The number of nitrogens with one attached hydrogen (secondary N) is 1. The topological polar surface area (TPSA) is 50.2 Å². The zero-order chi connectivity index (χ0) is 19.0. The van der Waals surface area contributed by atoms with E-state index in [1.165, 1.54) is 5.56 Å². The average molecular weight is 367 g/mol. The minimum Gasteiger partial charge on any atom is -0.322 e. The van der Waals surface area contributed by atoms with Crippen molar-refractivity contribution < 1.29 is 4.79 Å². The minimum absolute atomic E-state index is 0.197. The van der Waals surface area contributed by atoms with Crippen molar-refractivity contribution in [3.63, 3.8) is 0 Å². The molecule has 2 heterocycles. The van der Waals surface area contributed by atoms with Gasteiger partial charge in [-0.25, -0.2) is 0 Å². The van der Waals surface area contributed by atoms with Gasteiger partial charge >= 0.3 is 0 Å². The van der Waals surface area contributed by atoms with Crippen molar-refractivity contribution in [3.05, 3.63) is 47.3 Å². The van der Waals surface area contributed by atoms with E-state index >= 15 is 0 Å². The maximum absolute atomic E-state index is 13.4. The number of fused-ring (bicyclic) bond motifs is 1. The molecule has 1 saturated carbocycles. The number of hydrogen-bond donors (Lipinski definition) is 1. The lowest BCUT2D eigenvalue weighted by atomic mass is 9.79. The molecule has 5 heteroatoms. The first kappa shape index (κ1) is 18.2. The van der Waals surface area contributed by atoms with E-state index in [4.69, 9.17) is 0 Å². The molecule has 4 rings (SSSR count). The Balaban J connectivity index is 1.52. The van der Waals surface area contributed by atoms with Crippen LogP contribution in [-0.2, 0) is 17.9 Å². The van der Waals surface area contributed by atoms with Crippen LogP contribution in [0.3, 0.4) is 0 Å². The van der Waals surface area contributed by atoms with Crippen LogP contribution in [0.15, 0.2) is 30.3 Å². The molecule has 1 aromatic carbocycles. The zero-order valence-electron chi connectivity index (χ0n) is 16.7. The van der Waals surface area contributed by atoms with Crippen LogP contribution in [0.4, 0.5) is 5.69 Å². The van der Waals surface area contributed by atoms with Crippen LogP contribution < -0.4 is 5.32 Å². The molecule has 0 bridgehead atoms. The van der Waals surface area contributed by atoms with Gasteiger partial charge in [0.25, 0.3) is 0 Å². The summed E-state index contributed by atoms with van der Waals surface area (Å²) in [7, 11) is 0. The van der Waals surface area contributed by atoms with E-state index in [1.807, 2.05) is 18.5 Å². The highest BCUT2D eigenvalue weighted by molar-refractivity contribution is 5.97. The number of aromatic nitrogens is 2. The monoisotopic (exact) mass is 366 g/mol. The predicted octanol–water partition coefficient (Wildman–Crippen LogP) is 3.76. The van der Waals surface area contributed by atoms with Crippen molar-refractivity contribution in [2.24, 2.45) is 11.3 Å². The minimum atomic E-state index is -0.248. The lowest BCUT2D eigenvalue weighted by Gasteiger charge is -2.28. The van der Waals surface area contributed by atoms with Gasteiger partial charge in [0.15, 0.2) is 0 Å². The summed E-state index contributed by atoms with van der Waals surface area (Å²) in [6, 6.07) is 10.6. The van der Waals surface area contributed by atoms with Gasteiger partial charge in [-0.3, -0.25) is 14.4 Å². The van der Waals surface area contributed by atoms with Crippen LogP contribution in [0, 0.1) is 25.2 Å². The highest BCUT2D eigenvalue weighted by Crippen LogP contribution is 2.49. The molecule has 2 fully saturated rings. The third-order valence-electron chi connectivity index (χ3n) is 6.56. The van der Waals surface area contributed by atoms with Crippen molar-refractivity contribution in [2.75, 3.05) is 18.4 Å². The Labute approximate surface area is 161 Å². The van der Waals surface area contributed by atoms with E-state index in [0.29, 0.717) is 5.92 Å². The molecule has 1 aromatic heterocycles. The fourth-order valence-corrected chi connectivity index (χ4v) is 5.15. The van der Waals surface area contributed by atoms with Crippen molar-refractivity contribution >= 4 is 11.6 Å². The third-order valence-corrected chi connectivity index (χ3v) is 6.56. The van der Waals surface area contributed by atoms with Crippen LogP contribution >= 0.6 is 0 Å². The lowest BCUT2D eigenvalue weighted by Crippen LogP contribution is -2.40. The Bertz CT molecular complexity index is 828. The molecule has 1 N–H and O–H groups in total. The zero-order valence-corrected chi connectivity index (χ0v) is 16.7.